The van der Waals surface area contributed by atoms with Crippen LogP contribution in [0.4, 0.5) is 0 Å². The molecule has 0 atom stereocenters. The van der Waals surface area contributed by atoms with E-state index in [2.05, 4.69) is 6.92 Å². The van der Waals surface area contributed by atoms with Gasteiger partial charge in [-0.05, 0) is 13.0 Å². The van der Waals surface area contributed by atoms with Crippen LogP contribution in [0, 0.1) is 11.3 Å². The van der Waals surface area contributed by atoms with E-state index in [1.807, 2.05) is 11.0 Å². The van der Waals surface area contributed by atoms with E-state index < -0.39 is 5.97 Å². The highest BCUT2D eigenvalue weighted by Crippen LogP contribution is 1.96. The summed E-state index contributed by atoms with van der Waals surface area (Å²) in [6, 6.07) is 2.03. The lowest BCUT2D eigenvalue weighted by Gasteiger charge is -2.16. The minimum absolute atomic E-state index is 0.116. The van der Waals surface area contributed by atoms with Crippen molar-refractivity contribution in [1.29, 1.82) is 5.26 Å². The molecule has 1 N–H and O–H groups in total. The molecule has 0 amide bonds. The number of nitrogens with zero attached hydrogens (tertiary/aromatic N) is 2. The first-order valence-electron chi connectivity index (χ1n) is 4.51. The van der Waals surface area contributed by atoms with Crippen molar-refractivity contribution in [2.24, 2.45) is 0 Å². The summed E-state index contributed by atoms with van der Waals surface area (Å²) in [4.78, 5) is 12.1. The Kier molecular flexibility index (Phi) is 6.93. The number of unbranched alkanes of at least 4 members (excludes halogenated alkanes) is 1. The fraction of sp³-hybridized carbons (Fsp3) is 0.778. The average molecular weight is 184 g/mol. The highest BCUT2D eigenvalue weighted by atomic mass is 16.4. The first-order chi connectivity index (χ1) is 6.20. The van der Waals surface area contributed by atoms with Crippen molar-refractivity contribution in [2.45, 2.75) is 26.2 Å². The van der Waals surface area contributed by atoms with E-state index in [4.69, 9.17) is 10.4 Å². The van der Waals surface area contributed by atoms with Gasteiger partial charge < -0.3 is 5.11 Å². The Bertz CT molecular complexity index is 187. The van der Waals surface area contributed by atoms with Gasteiger partial charge in [0.2, 0.25) is 0 Å². The second-order valence-electron chi connectivity index (χ2n) is 2.93. The zero-order chi connectivity index (χ0) is 10.1. The molecule has 0 bridgehead atoms. The molecule has 0 aromatic rings. The number of carbonyl (C=O) groups is 1. The Morgan fingerprint density at radius 1 is 1.54 bits per heavy atom. The highest BCUT2D eigenvalue weighted by Gasteiger charge is 2.05. The van der Waals surface area contributed by atoms with Crippen LogP contribution in [0.15, 0.2) is 0 Å². The van der Waals surface area contributed by atoms with E-state index in [0.29, 0.717) is 13.1 Å². The van der Waals surface area contributed by atoms with Crippen molar-refractivity contribution in [3.8, 4) is 6.07 Å². The SMILES string of the molecule is CCCCN(CC#N)CCC(=O)O. The summed E-state index contributed by atoms with van der Waals surface area (Å²) in [6.45, 7) is 3.69. The van der Waals surface area contributed by atoms with Crippen LogP contribution in [0.2, 0.25) is 0 Å². The standard InChI is InChI=1S/C9H16N2O2/c1-2-3-6-11(8-5-10)7-4-9(12)13/h2-4,6-8H2,1H3,(H,12,13). The molecule has 0 fully saturated rings. The molecule has 0 saturated heterocycles. The predicted octanol–water partition coefficient (Wildman–Crippen LogP) is 1.09. The summed E-state index contributed by atoms with van der Waals surface area (Å²) in [5.74, 6) is -0.806. The van der Waals surface area contributed by atoms with Crippen molar-refractivity contribution in [1.82, 2.24) is 4.90 Å². The minimum atomic E-state index is -0.806. The van der Waals surface area contributed by atoms with E-state index >= 15 is 0 Å². The second-order valence-corrected chi connectivity index (χ2v) is 2.93. The van der Waals surface area contributed by atoms with E-state index in [1.165, 1.54) is 0 Å². The molecule has 0 aliphatic carbocycles. The van der Waals surface area contributed by atoms with Gasteiger partial charge in [0.25, 0.3) is 0 Å². The van der Waals surface area contributed by atoms with E-state index in [0.717, 1.165) is 19.4 Å². The number of hydrogen-bond acceptors (Lipinski definition) is 3. The van der Waals surface area contributed by atoms with E-state index in [9.17, 15) is 4.79 Å². The van der Waals surface area contributed by atoms with Gasteiger partial charge in [-0.2, -0.15) is 5.26 Å². The van der Waals surface area contributed by atoms with Crippen LogP contribution in [0.5, 0.6) is 0 Å². The maximum Gasteiger partial charge on any atom is 0.304 e. The lowest BCUT2D eigenvalue weighted by molar-refractivity contribution is -0.137. The summed E-state index contributed by atoms with van der Waals surface area (Å²) in [7, 11) is 0. The monoisotopic (exact) mass is 184 g/mol. The molecule has 0 aromatic heterocycles. The van der Waals surface area contributed by atoms with E-state index in [1.54, 1.807) is 0 Å². The molecule has 0 aliphatic rings. The fourth-order valence-electron chi connectivity index (χ4n) is 1.01. The molecule has 0 heterocycles. The van der Waals surface area contributed by atoms with Gasteiger partial charge in [0.1, 0.15) is 0 Å². The van der Waals surface area contributed by atoms with Gasteiger partial charge in [-0.1, -0.05) is 13.3 Å². The summed E-state index contributed by atoms with van der Waals surface area (Å²) in [5.41, 5.74) is 0. The van der Waals surface area contributed by atoms with Gasteiger partial charge in [0.15, 0.2) is 0 Å². The van der Waals surface area contributed by atoms with Gasteiger partial charge >= 0.3 is 5.97 Å². The first-order valence-corrected chi connectivity index (χ1v) is 4.51. The Labute approximate surface area is 78.8 Å². The number of rotatable bonds is 7. The van der Waals surface area contributed by atoms with Gasteiger partial charge in [-0.25, -0.2) is 0 Å². The molecule has 4 heteroatoms. The van der Waals surface area contributed by atoms with Crippen molar-refractivity contribution >= 4 is 5.97 Å². The lowest BCUT2D eigenvalue weighted by atomic mass is 10.3. The van der Waals surface area contributed by atoms with Crippen LogP contribution in [-0.2, 0) is 4.79 Å². The third-order valence-corrected chi connectivity index (χ3v) is 1.76. The van der Waals surface area contributed by atoms with Crippen LogP contribution in [0.1, 0.15) is 26.2 Å². The van der Waals surface area contributed by atoms with Crippen molar-refractivity contribution < 1.29 is 9.90 Å². The number of nitriles is 1. The molecule has 13 heavy (non-hydrogen) atoms. The summed E-state index contributed by atoms with van der Waals surface area (Å²) >= 11 is 0. The molecule has 74 valence electrons. The van der Waals surface area contributed by atoms with E-state index in [-0.39, 0.29) is 6.42 Å². The van der Waals surface area contributed by atoms with Crippen LogP contribution >= 0.6 is 0 Å². The smallest absolute Gasteiger partial charge is 0.304 e. The molecule has 0 aliphatic heterocycles. The summed E-state index contributed by atoms with van der Waals surface area (Å²) < 4.78 is 0. The van der Waals surface area contributed by atoms with Crippen LogP contribution in [0.3, 0.4) is 0 Å². The van der Waals surface area contributed by atoms with Gasteiger partial charge in [0.05, 0.1) is 19.0 Å². The molecule has 0 spiro atoms. The second kappa shape index (κ2) is 7.56. The van der Waals surface area contributed by atoms with Crippen molar-refractivity contribution in [3.63, 3.8) is 0 Å². The van der Waals surface area contributed by atoms with Gasteiger partial charge in [-0.15, -0.1) is 0 Å². The molecule has 0 saturated carbocycles. The number of hydrogen-bond donors (Lipinski definition) is 1. The van der Waals surface area contributed by atoms with Crippen LogP contribution in [0.25, 0.3) is 0 Å². The predicted molar refractivity (Wildman–Crippen MR) is 49.2 cm³/mol. The van der Waals surface area contributed by atoms with Crippen LogP contribution in [-0.4, -0.2) is 35.6 Å². The zero-order valence-corrected chi connectivity index (χ0v) is 7.99. The fourth-order valence-corrected chi connectivity index (χ4v) is 1.01. The summed E-state index contributed by atoms with van der Waals surface area (Å²) in [6.07, 6.45) is 2.20. The topological polar surface area (TPSA) is 64.3 Å². The maximum atomic E-state index is 10.3. The van der Waals surface area contributed by atoms with Gasteiger partial charge in [0, 0.05) is 6.54 Å². The lowest BCUT2D eigenvalue weighted by Crippen LogP contribution is -2.27. The van der Waals surface area contributed by atoms with Crippen LogP contribution < -0.4 is 0 Å². The molecule has 4 nitrogen and oxygen atoms in total. The highest BCUT2D eigenvalue weighted by molar-refractivity contribution is 5.66. The molecule has 0 rings (SSSR count). The van der Waals surface area contributed by atoms with Crippen molar-refractivity contribution in [2.75, 3.05) is 19.6 Å². The third-order valence-electron chi connectivity index (χ3n) is 1.76. The first kappa shape index (κ1) is 11.9. The molecular weight excluding hydrogens is 168 g/mol. The maximum absolute atomic E-state index is 10.3. The molecular formula is C9H16N2O2. The average Bonchev–Trinajstić information content (AvgIpc) is 2.09. The Balaban J connectivity index is 3.67. The van der Waals surface area contributed by atoms with Crippen molar-refractivity contribution in [3.05, 3.63) is 0 Å². The molecule has 0 aromatic carbocycles. The Morgan fingerprint density at radius 3 is 2.69 bits per heavy atom. The Morgan fingerprint density at radius 2 is 2.23 bits per heavy atom. The Hall–Kier alpha value is -1.08. The number of carboxylic acid groups (broad SMARTS) is 1. The number of aliphatic carboxylic acids is 1. The minimum Gasteiger partial charge on any atom is -0.481 e. The molecule has 0 radical (unpaired) electrons. The summed E-state index contributed by atoms with van der Waals surface area (Å²) in [5, 5.41) is 16.9. The largest absolute Gasteiger partial charge is 0.481 e. The zero-order valence-electron chi connectivity index (χ0n) is 7.99. The third kappa shape index (κ3) is 7.29. The molecule has 0 unspecified atom stereocenters. The van der Waals surface area contributed by atoms with Gasteiger partial charge in [-0.3, -0.25) is 9.69 Å². The number of carboxylic acids is 1. The quantitative estimate of drug-likeness (QED) is 0.601. The normalized spacial score (nSPS) is 9.92.